The zero-order chi connectivity index (χ0) is 12.0. The van der Waals surface area contributed by atoms with Crippen molar-refractivity contribution in [1.29, 1.82) is 0 Å². The van der Waals surface area contributed by atoms with Gasteiger partial charge in [-0.25, -0.2) is 4.79 Å². The molecule has 1 aromatic rings. The third kappa shape index (κ3) is 4.15. The van der Waals surface area contributed by atoms with Gasteiger partial charge >= 0.3 is 5.97 Å². The van der Waals surface area contributed by atoms with E-state index in [-0.39, 0.29) is 0 Å². The van der Waals surface area contributed by atoms with Crippen LogP contribution in [0.25, 0.3) is 0 Å². The summed E-state index contributed by atoms with van der Waals surface area (Å²) in [6.07, 6.45) is 0.913. The minimum atomic E-state index is -0.893. The highest BCUT2D eigenvalue weighted by Gasteiger charge is 2.10. The molecule has 0 fully saturated rings. The Kier molecular flexibility index (Phi) is 5.87. The number of ether oxygens (including phenoxy) is 1. The number of thioether (sulfide) groups is 1. The minimum Gasteiger partial charge on any atom is -0.478 e. The van der Waals surface area contributed by atoms with Crippen molar-refractivity contribution in [3.63, 3.8) is 0 Å². The summed E-state index contributed by atoms with van der Waals surface area (Å²) < 4.78 is 5.72. The molecule has 0 aliphatic heterocycles. The lowest BCUT2D eigenvalue weighted by Gasteiger charge is -2.06. The van der Waals surface area contributed by atoms with Crippen LogP contribution in [0.2, 0.25) is 0 Å². The second kappa shape index (κ2) is 6.93. The maximum atomic E-state index is 11.0. The van der Waals surface area contributed by atoms with E-state index in [2.05, 4.69) is 15.9 Å². The second-order valence-electron chi connectivity index (χ2n) is 3.14. The molecule has 0 aliphatic carbocycles. The Morgan fingerprint density at radius 3 is 2.94 bits per heavy atom. The van der Waals surface area contributed by atoms with Gasteiger partial charge in [-0.15, -0.1) is 11.8 Å². The average Bonchev–Trinajstić information content (AvgIpc) is 2.26. The highest BCUT2D eigenvalue weighted by Crippen LogP contribution is 2.26. The van der Waals surface area contributed by atoms with E-state index >= 15 is 0 Å². The molecule has 0 saturated carbocycles. The summed E-state index contributed by atoms with van der Waals surface area (Å²) in [5.41, 5.74) is 0.344. The van der Waals surface area contributed by atoms with Gasteiger partial charge in [0, 0.05) is 28.8 Å². The Balaban J connectivity index is 2.67. The molecule has 0 atom stereocenters. The fraction of sp³-hybridized carbons (Fsp3) is 0.364. The van der Waals surface area contributed by atoms with Crippen molar-refractivity contribution in [3.8, 4) is 0 Å². The molecule has 1 rings (SSSR count). The van der Waals surface area contributed by atoms with Crippen LogP contribution in [0.3, 0.4) is 0 Å². The van der Waals surface area contributed by atoms with Gasteiger partial charge in [-0.3, -0.25) is 0 Å². The largest absolute Gasteiger partial charge is 0.478 e. The SMILES string of the molecule is COCCCSc1ccc(Br)cc1C(=O)O. The molecule has 0 saturated heterocycles. The first-order valence-electron chi connectivity index (χ1n) is 4.79. The number of aromatic carboxylic acids is 1. The molecular formula is C11H13BrO3S. The number of halogens is 1. The summed E-state index contributed by atoms with van der Waals surface area (Å²) in [6, 6.07) is 5.30. The Bertz CT molecular complexity index is 368. The highest BCUT2D eigenvalue weighted by atomic mass is 79.9. The number of rotatable bonds is 6. The minimum absolute atomic E-state index is 0.344. The molecule has 1 aromatic carbocycles. The normalized spacial score (nSPS) is 10.4. The number of carboxylic acids is 1. The number of hydrogen-bond donors (Lipinski definition) is 1. The highest BCUT2D eigenvalue weighted by molar-refractivity contribution is 9.10. The summed E-state index contributed by atoms with van der Waals surface area (Å²) in [6.45, 7) is 0.700. The molecule has 0 spiro atoms. The van der Waals surface area contributed by atoms with Crippen LogP contribution in [0.5, 0.6) is 0 Å². The zero-order valence-corrected chi connectivity index (χ0v) is 11.3. The third-order valence-electron chi connectivity index (χ3n) is 1.92. The van der Waals surface area contributed by atoms with Crippen molar-refractivity contribution in [2.24, 2.45) is 0 Å². The molecule has 16 heavy (non-hydrogen) atoms. The van der Waals surface area contributed by atoms with Gasteiger partial charge in [0.2, 0.25) is 0 Å². The number of hydrogen-bond acceptors (Lipinski definition) is 3. The van der Waals surface area contributed by atoms with E-state index < -0.39 is 5.97 Å². The second-order valence-corrected chi connectivity index (χ2v) is 5.19. The fourth-order valence-electron chi connectivity index (χ4n) is 1.18. The first-order valence-corrected chi connectivity index (χ1v) is 6.57. The predicted molar refractivity (Wildman–Crippen MR) is 68.3 cm³/mol. The van der Waals surface area contributed by atoms with Crippen LogP contribution in [0.4, 0.5) is 0 Å². The maximum Gasteiger partial charge on any atom is 0.336 e. The third-order valence-corrected chi connectivity index (χ3v) is 3.58. The van der Waals surface area contributed by atoms with Crippen LogP contribution in [-0.2, 0) is 4.74 Å². The van der Waals surface area contributed by atoms with Gasteiger partial charge in [0.05, 0.1) is 5.56 Å². The summed E-state index contributed by atoms with van der Waals surface area (Å²) in [7, 11) is 1.66. The number of methoxy groups -OCH3 is 1. The Hall–Kier alpha value is -0.520. The molecule has 88 valence electrons. The van der Waals surface area contributed by atoms with Crippen molar-refractivity contribution in [2.45, 2.75) is 11.3 Å². The van der Waals surface area contributed by atoms with Gasteiger partial charge in [0.25, 0.3) is 0 Å². The summed E-state index contributed by atoms with van der Waals surface area (Å²) in [5.74, 6) is -0.0361. The van der Waals surface area contributed by atoms with Crippen LogP contribution in [-0.4, -0.2) is 30.5 Å². The monoisotopic (exact) mass is 304 g/mol. The van der Waals surface area contributed by atoms with Crippen molar-refractivity contribution in [2.75, 3.05) is 19.5 Å². The Morgan fingerprint density at radius 2 is 2.31 bits per heavy atom. The van der Waals surface area contributed by atoms with Gasteiger partial charge in [0.15, 0.2) is 0 Å². The van der Waals surface area contributed by atoms with Crippen molar-refractivity contribution in [1.82, 2.24) is 0 Å². The Labute approximate surface area is 107 Å². The first kappa shape index (κ1) is 13.5. The molecule has 5 heteroatoms. The summed E-state index contributed by atoms with van der Waals surface area (Å²) in [4.78, 5) is 11.8. The van der Waals surface area contributed by atoms with E-state index in [9.17, 15) is 4.79 Å². The lowest BCUT2D eigenvalue weighted by Crippen LogP contribution is -1.99. The van der Waals surface area contributed by atoms with Crippen molar-refractivity contribution in [3.05, 3.63) is 28.2 Å². The van der Waals surface area contributed by atoms with Gasteiger partial charge in [-0.1, -0.05) is 15.9 Å². The molecular weight excluding hydrogens is 292 g/mol. The Morgan fingerprint density at radius 1 is 1.56 bits per heavy atom. The van der Waals surface area contributed by atoms with Gasteiger partial charge < -0.3 is 9.84 Å². The van der Waals surface area contributed by atoms with Crippen molar-refractivity contribution < 1.29 is 14.6 Å². The molecule has 0 unspecified atom stereocenters. The number of carbonyl (C=O) groups is 1. The maximum absolute atomic E-state index is 11.0. The van der Waals surface area contributed by atoms with Crippen LogP contribution in [0.15, 0.2) is 27.6 Å². The van der Waals surface area contributed by atoms with E-state index in [0.717, 1.165) is 21.5 Å². The van der Waals surface area contributed by atoms with Gasteiger partial charge in [-0.05, 0) is 24.6 Å². The lowest BCUT2D eigenvalue weighted by molar-refractivity contribution is 0.0693. The van der Waals surface area contributed by atoms with Gasteiger partial charge in [0.1, 0.15) is 0 Å². The average molecular weight is 305 g/mol. The smallest absolute Gasteiger partial charge is 0.336 e. The van der Waals surface area contributed by atoms with E-state index in [1.54, 1.807) is 24.9 Å². The van der Waals surface area contributed by atoms with Crippen LogP contribution < -0.4 is 0 Å². The molecule has 0 aliphatic rings. The predicted octanol–water partition coefficient (Wildman–Crippen LogP) is 3.28. The quantitative estimate of drug-likeness (QED) is 0.647. The van der Waals surface area contributed by atoms with Crippen LogP contribution in [0, 0.1) is 0 Å². The molecule has 0 bridgehead atoms. The molecule has 3 nitrogen and oxygen atoms in total. The standard InChI is InChI=1S/C11H13BrO3S/c1-15-5-2-6-16-10-4-3-8(12)7-9(10)11(13)14/h3-4,7H,2,5-6H2,1H3,(H,13,14). The number of benzene rings is 1. The molecule has 0 radical (unpaired) electrons. The topological polar surface area (TPSA) is 46.5 Å². The van der Waals surface area contributed by atoms with Crippen molar-refractivity contribution >= 4 is 33.7 Å². The lowest BCUT2D eigenvalue weighted by atomic mass is 10.2. The number of carboxylic acid groups (broad SMARTS) is 1. The van der Waals surface area contributed by atoms with Gasteiger partial charge in [-0.2, -0.15) is 0 Å². The molecule has 0 aromatic heterocycles. The summed E-state index contributed by atoms with van der Waals surface area (Å²) >= 11 is 4.81. The van der Waals surface area contributed by atoms with E-state index in [1.807, 2.05) is 12.1 Å². The van der Waals surface area contributed by atoms with Crippen LogP contribution in [0.1, 0.15) is 16.8 Å². The molecule has 0 heterocycles. The molecule has 1 N–H and O–H groups in total. The van der Waals surface area contributed by atoms with E-state index in [1.165, 1.54) is 0 Å². The summed E-state index contributed by atoms with van der Waals surface area (Å²) in [5, 5.41) is 9.03. The zero-order valence-electron chi connectivity index (χ0n) is 8.90. The van der Waals surface area contributed by atoms with E-state index in [0.29, 0.717) is 12.2 Å². The first-order chi connectivity index (χ1) is 7.65. The fourth-order valence-corrected chi connectivity index (χ4v) is 2.49. The van der Waals surface area contributed by atoms with E-state index in [4.69, 9.17) is 9.84 Å². The molecule has 0 amide bonds. The van der Waals surface area contributed by atoms with Crippen LogP contribution >= 0.6 is 27.7 Å².